The number of alkyl halides is 1. The predicted molar refractivity (Wildman–Crippen MR) is 75.2 cm³/mol. The topological polar surface area (TPSA) is 12.5 Å². The Bertz CT molecular complexity index is 392. The molecule has 1 aromatic carbocycles. The van der Waals surface area contributed by atoms with E-state index in [9.17, 15) is 0 Å². The Balaban J connectivity index is 2.07. The second-order valence-electron chi connectivity index (χ2n) is 5.37. The van der Waals surface area contributed by atoms with Crippen LogP contribution in [-0.2, 0) is 0 Å². The van der Waals surface area contributed by atoms with Crippen LogP contribution >= 0.6 is 15.9 Å². The number of halogens is 1. The van der Waals surface area contributed by atoms with Gasteiger partial charge >= 0.3 is 0 Å². The van der Waals surface area contributed by atoms with Gasteiger partial charge in [-0.3, -0.25) is 4.90 Å². The van der Waals surface area contributed by atoms with E-state index in [0.29, 0.717) is 5.92 Å². The number of benzene rings is 1. The van der Waals surface area contributed by atoms with Crippen LogP contribution in [0.4, 0.5) is 0 Å². The molecule has 1 unspecified atom stereocenters. The van der Waals surface area contributed by atoms with Crippen LogP contribution in [0.1, 0.15) is 25.3 Å². The smallest absolute Gasteiger partial charge is 0.122 e. The minimum atomic E-state index is 0.178. The molecule has 2 rings (SSSR count). The van der Waals surface area contributed by atoms with E-state index in [1.165, 1.54) is 5.56 Å². The maximum absolute atomic E-state index is 5.72. The summed E-state index contributed by atoms with van der Waals surface area (Å²) < 4.78 is 5.72. The summed E-state index contributed by atoms with van der Waals surface area (Å²) >= 11 is 3.58. The standard InChI is InChI=1S/C14H20BrNO/c1-14(2,10-15)16(3)8-11-9-17-13-7-5-4-6-12(11)13/h4-7,11H,8-10H2,1-3H3. The van der Waals surface area contributed by atoms with Crippen molar-refractivity contribution >= 4 is 15.9 Å². The Morgan fingerprint density at radius 1 is 1.41 bits per heavy atom. The van der Waals surface area contributed by atoms with Gasteiger partial charge in [0.25, 0.3) is 0 Å². The van der Waals surface area contributed by atoms with Crippen molar-refractivity contribution < 1.29 is 4.74 Å². The Labute approximate surface area is 112 Å². The minimum Gasteiger partial charge on any atom is -0.493 e. The molecule has 1 aliphatic heterocycles. The quantitative estimate of drug-likeness (QED) is 0.791. The third-order valence-corrected chi connectivity index (χ3v) is 5.03. The summed E-state index contributed by atoms with van der Waals surface area (Å²) in [5, 5.41) is 0.978. The first-order valence-electron chi connectivity index (χ1n) is 6.03. The number of ether oxygens (including phenoxy) is 1. The molecule has 94 valence electrons. The van der Waals surface area contributed by atoms with E-state index in [0.717, 1.165) is 24.2 Å². The van der Waals surface area contributed by atoms with E-state index in [-0.39, 0.29) is 5.54 Å². The summed E-state index contributed by atoms with van der Waals surface area (Å²) in [4.78, 5) is 2.40. The second-order valence-corrected chi connectivity index (χ2v) is 5.93. The van der Waals surface area contributed by atoms with Crippen molar-refractivity contribution in [3.05, 3.63) is 29.8 Å². The van der Waals surface area contributed by atoms with E-state index in [1.54, 1.807) is 0 Å². The number of nitrogens with zero attached hydrogens (tertiary/aromatic N) is 1. The van der Waals surface area contributed by atoms with Crippen LogP contribution in [0.3, 0.4) is 0 Å². The lowest BCUT2D eigenvalue weighted by Gasteiger charge is -2.35. The molecule has 1 atom stereocenters. The lowest BCUT2D eigenvalue weighted by Crippen LogP contribution is -2.44. The first kappa shape index (κ1) is 12.9. The molecule has 0 aromatic heterocycles. The molecular weight excluding hydrogens is 278 g/mol. The number of hydrogen-bond donors (Lipinski definition) is 0. The number of likely N-dealkylation sites (N-methyl/N-ethyl adjacent to an activating group) is 1. The maximum Gasteiger partial charge on any atom is 0.122 e. The highest BCUT2D eigenvalue weighted by atomic mass is 79.9. The van der Waals surface area contributed by atoms with E-state index in [4.69, 9.17) is 4.74 Å². The maximum atomic E-state index is 5.72. The van der Waals surface area contributed by atoms with Gasteiger partial charge in [-0.25, -0.2) is 0 Å². The summed E-state index contributed by atoms with van der Waals surface area (Å²) in [6.07, 6.45) is 0. The number of hydrogen-bond acceptors (Lipinski definition) is 2. The van der Waals surface area contributed by atoms with Gasteiger partial charge in [0.1, 0.15) is 5.75 Å². The van der Waals surface area contributed by atoms with Crippen molar-refractivity contribution in [3.8, 4) is 5.75 Å². The zero-order valence-corrected chi connectivity index (χ0v) is 12.3. The van der Waals surface area contributed by atoms with Gasteiger partial charge in [0.2, 0.25) is 0 Å². The zero-order valence-electron chi connectivity index (χ0n) is 10.7. The molecule has 0 saturated carbocycles. The van der Waals surface area contributed by atoms with Crippen LogP contribution in [0.2, 0.25) is 0 Å². The van der Waals surface area contributed by atoms with Gasteiger partial charge in [0.15, 0.2) is 0 Å². The van der Waals surface area contributed by atoms with Gasteiger partial charge in [0, 0.05) is 28.9 Å². The highest BCUT2D eigenvalue weighted by Crippen LogP contribution is 2.34. The first-order valence-corrected chi connectivity index (χ1v) is 7.15. The average Bonchev–Trinajstić information content (AvgIpc) is 2.73. The van der Waals surface area contributed by atoms with Gasteiger partial charge in [-0.2, -0.15) is 0 Å². The van der Waals surface area contributed by atoms with Crippen LogP contribution in [0.15, 0.2) is 24.3 Å². The number of rotatable bonds is 4. The summed E-state index contributed by atoms with van der Waals surface area (Å²) in [5.74, 6) is 1.55. The van der Waals surface area contributed by atoms with Crippen molar-refractivity contribution in [2.45, 2.75) is 25.3 Å². The van der Waals surface area contributed by atoms with Crippen LogP contribution in [0.25, 0.3) is 0 Å². The van der Waals surface area contributed by atoms with Gasteiger partial charge < -0.3 is 4.74 Å². The van der Waals surface area contributed by atoms with Gasteiger partial charge in [-0.15, -0.1) is 0 Å². The van der Waals surface area contributed by atoms with Crippen molar-refractivity contribution in [1.82, 2.24) is 4.90 Å². The van der Waals surface area contributed by atoms with Gasteiger partial charge in [-0.05, 0) is 27.0 Å². The van der Waals surface area contributed by atoms with E-state index in [1.807, 2.05) is 6.07 Å². The lowest BCUT2D eigenvalue weighted by atomic mass is 9.98. The molecule has 0 fully saturated rings. The monoisotopic (exact) mass is 297 g/mol. The zero-order chi connectivity index (χ0) is 12.5. The van der Waals surface area contributed by atoms with Crippen LogP contribution in [-0.4, -0.2) is 36.0 Å². The van der Waals surface area contributed by atoms with Crippen molar-refractivity contribution in [1.29, 1.82) is 0 Å². The molecule has 3 heteroatoms. The molecule has 0 bridgehead atoms. The van der Waals surface area contributed by atoms with Gasteiger partial charge in [-0.1, -0.05) is 34.1 Å². The van der Waals surface area contributed by atoms with Crippen molar-refractivity contribution in [3.63, 3.8) is 0 Å². The SMILES string of the molecule is CN(CC1COc2ccccc21)C(C)(C)CBr. The van der Waals surface area contributed by atoms with E-state index >= 15 is 0 Å². The molecule has 0 saturated heterocycles. The highest BCUT2D eigenvalue weighted by Gasteiger charge is 2.29. The lowest BCUT2D eigenvalue weighted by molar-refractivity contribution is 0.162. The molecule has 0 amide bonds. The average molecular weight is 298 g/mol. The third kappa shape index (κ3) is 2.66. The molecule has 0 aliphatic carbocycles. The Hall–Kier alpha value is -0.540. The first-order chi connectivity index (χ1) is 8.04. The van der Waals surface area contributed by atoms with Crippen molar-refractivity contribution in [2.24, 2.45) is 0 Å². The van der Waals surface area contributed by atoms with Crippen LogP contribution in [0.5, 0.6) is 5.75 Å². The highest BCUT2D eigenvalue weighted by molar-refractivity contribution is 9.09. The largest absolute Gasteiger partial charge is 0.493 e. The Morgan fingerprint density at radius 3 is 2.82 bits per heavy atom. The normalized spacial score (nSPS) is 19.2. The minimum absolute atomic E-state index is 0.178. The van der Waals surface area contributed by atoms with Crippen LogP contribution in [0, 0.1) is 0 Å². The molecule has 1 aliphatic rings. The van der Waals surface area contributed by atoms with E-state index in [2.05, 4.69) is 59.9 Å². The van der Waals surface area contributed by atoms with E-state index < -0.39 is 0 Å². The second kappa shape index (κ2) is 4.99. The summed E-state index contributed by atoms with van der Waals surface area (Å²) in [6, 6.07) is 8.37. The predicted octanol–water partition coefficient (Wildman–Crippen LogP) is 3.27. The summed E-state index contributed by atoms with van der Waals surface area (Å²) in [6.45, 7) is 6.35. The summed E-state index contributed by atoms with van der Waals surface area (Å²) in [5.41, 5.74) is 1.53. The molecule has 0 radical (unpaired) electrons. The molecular formula is C14H20BrNO. The molecule has 17 heavy (non-hydrogen) atoms. The van der Waals surface area contributed by atoms with Crippen molar-refractivity contribution in [2.75, 3.05) is 25.5 Å². The Morgan fingerprint density at radius 2 is 2.12 bits per heavy atom. The fraction of sp³-hybridized carbons (Fsp3) is 0.571. The third-order valence-electron chi connectivity index (χ3n) is 3.65. The number of para-hydroxylation sites is 1. The molecule has 1 aromatic rings. The molecule has 0 spiro atoms. The van der Waals surface area contributed by atoms with Crippen LogP contribution < -0.4 is 4.74 Å². The number of fused-ring (bicyclic) bond motifs is 1. The fourth-order valence-corrected chi connectivity index (χ4v) is 2.49. The molecule has 0 N–H and O–H groups in total. The fourth-order valence-electron chi connectivity index (χ4n) is 2.06. The molecule has 1 heterocycles. The molecule has 2 nitrogen and oxygen atoms in total. The van der Waals surface area contributed by atoms with Gasteiger partial charge in [0.05, 0.1) is 6.61 Å². The Kier molecular flexibility index (Phi) is 3.79. The summed E-state index contributed by atoms with van der Waals surface area (Å²) in [7, 11) is 2.18.